The Kier molecular flexibility index (Phi) is 7.40. The van der Waals surface area contributed by atoms with Gasteiger partial charge in [0.25, 0.3) is 0 Å². The molecule has 0 N–H and O–H groups in total. The predicted molar refractivity (Wildman–Crippen MR) is 81.4 cm³/mol. The Balaban J connectivity index is 2.58. The molecule has 2 atom stereocenters. The quantitative estimate of drug-likeness (QED) is 0.542. The molecule has 1 aliphatic carbocycles. The Morgan fingerprint density at radius 1 is 0.842 bits per heavy atom. The van der Waals surface area contributed by atoms with Crippen LogP contribution >= 0.6 is 0 Å². The lowest BCUT2D eigenvalue weighted by Crippen LogP contribution is -2.41. The molecule has 1 rings (SSSR count). The number of allylic oxidation sites excluding steroid dienone is 2. The van der Waals surface area contributed by atoms with E-state index in [1.165, 1.54) is 12.8 Å². The molecule has 1 aliphatic rings. The van der Waals surface area contributed by atoms with Crippen molar-refractivity contribution in [1.82, 2.24) is 0 Å². The first-order valence-corrected chi connectivity index (χ1v) is 7.77. The summed E-state index contributed by atoms with van der Waals surface area (Å²) in [4.78, 5) is 0. The fourth-order valence-corrected chi connectivity index (χ4v) is 2.47. The van der Waals surface area contributed by atoms with Crippen molar-refractivity contribution in [2.45, 2.75) is 65.6 Å². The van der Waals surface area contributed by atoms with Crippen molar-refractivity contribution in [3.63, 3.8) is 0 Å². The molecule has 0 saturated carbocycles. The van der Waals surface area contributed by atoms with Crippen LogP contribution in [0.5, 0.6) is 0 Å². The molecule has 0 amide bonds. The highest BCUT2D eigenvalue weighted by molar-refractivity contribution is 5.28. The van der Waals surface area contributed by atoms with Gasteiger partial charge in [0.1, 0.15) is 0 Å². The lowest BCUT2D eigenvalue weighted by Gasteiger charge is -2.37. The van der Waals surface area contributed by atoms with Gasteiger partial charge in [-0.15, -0.1) is 0 Å². The van der Waals surface area contributed by atoms with Crippen LogP contribution in [0.4, 0.5) is 0 Å². The van der Waals surface area contributed by atoms with Gasteiger partial charge in [-0.05, 0) is 26.7 Å². The van der Waals surface area contributed by atoms with E-state index in [0.717, 1.165) is 26.1 Å². The van der Waals surface area contributed by atoms with Crippen molar-refractivity contribution >= 4 is 0 Å². The number of hydrogen-bond acceptors (Lipinski definition) is 2. The van der Waals surface area contributed by atoms with Gasteiger partial charge in [0, 0.05) is 13.2 Å². The highest BCUT2D eigenvalue weighted by Gasteiger charge is 2.39. The molecule has 0 saturated heterocycles. The third kappa shape index (κ3) is 4.47. The van der Waals surface area contributed by atoms with E-state index < -0.39 is 0 Å². The van der Waals surface area contributed by atoms with Crippen LogP contribution in [0.3, 0.4) is 0 Å². The molecule has 0 aromatic carbocycles. The summed E-state index contributed by atoms with van der Waals surface area (Å²) in [6.07, 6.45) is 13.6. The standard InChI is InChI=1S/C17H30O2/c1-5-7-13-18-15(3)17(11-9-10-12-17)16(4)19-14-8-6-2/h9-12,15-16H,5-8,13-14H2,1-4H3. The van der Waals surface area contributed by atoms with E-state index >= 15 is 0 Å². The van der Waals surface area contributed by atoms with Crippen molar-refractivity contribution in [3.8, 4) is 0 Å². The number of unbranched alkanes of at least 4 members (excludes halogenated alkanes) is 2. The largest absolute Gasteiger partial charge is 0.377 e. The molecule has 0 aromatic heterocycles. The summed E-state index contributed by atoms with van der Waals surface area (Å²) in [6.45, 7) is 10.4. The van der Waals surface area contributed by atoms with Gasteiger partial charge in [-0.2, -0.15) is 0 Å². The van der Waals surface area contributed by atoms with Crippen LogP contribution in [0.15, 0.2) is 24.3 Å². The zero-order chi connectivity index (χ0) is 14.1. The Morgan fingerprint density at radius 2 is 1.26 bits per heavy atom. The van der Waals surface area contributed by atoms with E-state index in [1.54, 1.807) is 0 Å². The maximum absolute atomic E-state index is 6.01. The Hall–Kier alpha value is -0.600. The molecule has 0 fully saturated rings. The highest BCUT2D eigenvalue weighted by Crippen LogP contribution is 2.37. The smallest absolute Gasteiger partial charge is 0.0697 e. The van der Waals surface area contributed by atoms with Crippen LogP contribution in [0.2, 0.25) is 0 Å². The first-order valence-electron chi connectivity index (χ1n) is 7.77. The topological polar surface area (TPSA) is 18.5 Å². The van der Waals surface area contributed by atoms with Crippen LogP contribution < -0.4 is 0 Å². The van der Waals surface area contributed by atoms with Gasteiger partial charge in [-0.25, -0.2) is 0 Å². The van der Waals surface area contributed by atoms with E-state index in [-0.39, 0.29) is 17.6 Å². The monoisotopic (exact) mass is 266 g/mol. The first kappa shape index (κ1) is 16.5. The van der Waals surface area contributed by atoms with Crippen molar-refractivity contribution in [3.05, 3.63) is 24.3 Å². The third-order valence-corrected chi connectivity index (χ3v) is 4.02. The van der Waals surface area contributed by atoms with E-state index in [2.05, 4.69) is 52.0 Å². The summed E-state index contributed by atoms with van der Waals surface area (Å²) >= 11 is 0. The second kappa shape index (κ2) is 8.55. The fourth-order valence-electron chi connectivity index (χ4n) is 2.47. The minimum atomic E-state index is -0.0958. The third-order valence-electron chi connectivity index (χ3n) is 4.02. The average molecular weight is 266 g/mol. The van der Waals surface area contributed by atoms with Gasteiger partial charge in [-0.3, -0.25) is 0 Å². The lowest BCUT2D eigenvalue weighted by molar-refractivity contribution is -0.0679. The van der Waals surface area contributed by atoms with Crippen LogP contribution in [-0.4, -0.2) is 25.4 Å². The SMILES string of the molecule is CCCCOC(C)C1(C(C)OCCCC)C=CC=C1. The van der Waals surface area contributed by atoms with Crippen LogP contribution in [0, 0.1) is 5.41 Å². The number of rotatable bonds is 10. The summed E-state index contributed by atoms with van der Waals surface area (Å²) in [5.41, 5.74) is -0.0958. The highest BCUT2D eigenvalue weighted by atomic mass is 16.5. The van der Waals surface area contributed by atoms with Gasteiger partial charge >= 0.3 is 0 Å². The van der Waals surface area contributed by atoms with Crippen molar-refractivity contribution in [2.24, 2.45) is 5.41 Å². The van der Waals surface area contributed by atoms with Crippen molar-refractivity contribution in [2.75, 3.05) is 13.2 Å². The Morgan fingerprint density at radius 3 is 1.63 bits per heavy atom. The van der Waals surface area contributed by atoms with E-state index in [1.807, 2.05) is 0 Å². The molecule has 19 heavy (non-hydrogen) atoms. The molecule has 0 radical (unpaired) electrons. The molecular formula is C17H30O2. The van der Waals surface area contributed by atoms with Crippen molar-refractivity contribution in [1.29, 1.82) is 0 Å². The molecule has 0 heterocycles. The maximum Gasteiger partial charge on any atom is 0.0697 e. The number of hydrogen-bond donors (Lipinski definition) is 0. The molecule has 2 unspecified atom stereocenters. The first-order chi connectivity index (χ1) is 9.17. The van der Waals surface area contributed by atoms with Gasteiger partial charge in [-0.1, -0.05) is 51.0 Å². The maximum atomic E-state index is 6.01. The van der Waals surface area contributed by atoms with Crippen LogP contribution in [-0.2, 0) is 9.47 Å². The van der Waals surface area contributed by atoms with Gasteiger partial charge in [0.2, 0.25) is 0 Å². The Bertz CT molecular complexity index is 264. The summed E-state index contributed by atoms with van der Waals surface area (Å²) in [6, 6.07) is 0. The molecule has 0 spiro atoms. The van der Waals surface area contributed by atoms with Gasteiger partial charge in [0.15, 0.2) is 0 Å². The van der Waals surface area contributed by atoms with Gasteiger partial charge in [0.05, 0.1) is 17.6 Å². The minimum absolute atomic E-state index is 0.0958. The molecule has 0 aliphatic heterocycles. The van der Waals surface area contributed by atoms with Crippen molar-refractivity contribution < 1.29 is 9.47 Å². The second-order valence-corrected chi connectivity index (χ2v) is 5.45. The predicted octanol–water partition coefficient (Wildman–Crippen LogP) is 4.51. The van der Waals surface area contributed by atoms with Crippen LogP contribution in [0.25, 0.3) is 0 Å². The zero-order valence-electron chi connectivity index (χ0n) is 13.0. The normalized spacial score (nSPS) is 19.8. The van der Waals surface area contributed by atoms with E-state index in [4.69, 9.17) is 9.47 Å². The average Bonchev–Trinajstić information content (AvgIpc) is 2.89. The molecule has 2 nitrogen and oxygen atoms in total. The second-order valence-electron chi connectivity index (χ2n) is 5.45. The molecular weight excluding hydrogens is 236 g/mol. The van der Waals surface area contributed by atoms with Crippen LogP contribution in [0.1, 0.15) is 53.4 Å². The molecule has 2 heteroatoms. The zero-order valence-corrected chi connectivity index (χ0v) is 13.0. The number of ether oxygens (including phenoxy) is 2. The Labute approximate surface area is 118 Å². The summed E-state index contributed by atoms with van der Waals surface area (Å²) in [5, 5.41) is 0. The van der Waals surface area contributed by atoms with E-state index in [9.17, 15) is 0 Å². The van der Waals surface area contributed by atoms with E-state index in [0.29, 0.717) is 0 Å². The summed E-state index contributed by atoms with van der Waals surface area (Å²) < 4.78 is 12.0. The summed E-state index contributed by atoms with van der Waals surface area (Å²) in [5.74, 6) is 0. The molecule has 110 valence electrons. The molecule has 0 bridgehead atoms. The summed E-state index contributed by atoms with van der Waals surface area (Å²) in [7, 11) is 0. The van der Waals surface area contributed by atoms with Gasteiger partial charge < -0.3 is 9.47 Å². The molecule has 0 aromatic rings. The minimum Gasteiger partial charge on any atom is -0.377 e. The fraction of sp³-hybridized carbons (Fsp3) is 0.765. The lowest BCUT2D eigenvalue weighted by atomic mass is 9.79.